The zero-order valence-corrected chi connectivity index (χ0v) is 14.0. The van der Waals surface area contributed by atoms with E-state index in [9.17, 15) is 4.21 Å². The summed E-state index contributed by atoms with van der Waals surface area (Å²) in [6.45, 7) is 5.81. The number of hydrogen-bond acceptors (Lipinski definition) is 3. The minimum atomic E-state index is -1.19. The van der Waals surface area contributed by atoms with Crippen molar-refractivity contribution in [1.82, 2.24) is 9.71 Å². The van der Waals surface area contributed by atoms with Crippen molar-refractivity contribution in [3.8, 4) is 0 Å². The lowest BCUT2D eigenvalue weighted by atomic mass is 10.1. The highest BCUT2D eigenvalue weighted by Crippen LogP contribution is 2.31. The molecule has 2 aromatic rings. The van der Waals surface area contributed by atoms with E-state index in [-0.39, 0.29) is 10.8 Å². The Morgan fingerprint density at radius 3 is 2.60 bits per heavy atom. The average molecular weight is 329 g/mol. The summed E-state index contributed by atoms with van der Waals surface area (Å²) in [7, 11) is -1.19. The Morgan fingerprint density at radius 1 is 1.35 bits per heavy atom. The van der Waals surface area contributed by atoms with Crippen molar-refractivity contribution in [3.63, 3.8) is 0 Å². The van der Waals surface area contributed by atoms with Gasteiger partial charge < -0.3 is 0 Å². The van der Waals surface area contributed by atoms with E-state index in [4.69, 9.17) is 11.6 Å². The van der Waals surface area contributed by atoms with Crippen LogP contribution in [0.3, 0.4) is 0 Å². The van der Waals surface area contributed by atoms with Gasteiger partial charge >= 0.3 is 0 Å². The van der Waals surface area contributed by atoms with Crippen molar-refractivity contribution >= 4 is 33.9 Å². The first kappa shape index (κ1) is 15.6. The molecule has 3 nitrogen and oxygen atoms in total. The van der Waals surface area contributed by atoms with Gasteiger partial charge in [0.05, 0.1) is 27.3 Å². The molecule has 0 aliphatic heterocycles. The number of nitrogens with one attached hydrogen (secondary N) is 1. The van der Waals surface area contributed by atoms with Gasteiger partial charge in [0, 0.05) is 16.1 Å². The summed E-state index contributed by atoms with van der Waals surface area (Å²) in [5.41, 5.74) is 2.68. The van der Waals surface area contributed by atoms with Crippen LogP contribution in [0.4, 0.5) is 0 Å². The molecule has 1 aromatic heterocycles. The molecular formula is C14H17ClN2OS2. The molecule has 0 aliphatic carbocycles. The minimum Gasteiger partial charge on any atom is -0.253 e. The molecule has 20 heavy (non-hydrogen) atoms. The number of benzene rings is 1. The predicted molar refractivity (Wildman–Crippen MR) is 86.4 cm³/mol. The fourth-order valence-electron chi connectivity index (χ4n) is 1.64. The smallest absolute Gasteiger partial charge is 0.0979 e. The number of halogens is 1. The maximum absolute atomic E-state index is 12.4. The molecule has 108 valence electrons. The topological polar surface area (TPSA) is 42.0 Å². The molecule has 0 radical (unpaired) electrons. The Hall–Kier alpha value is -0.750. The number of rotatable bonds is 4. The summed E-state index contributed by atoms with van der Waals surface area (Å²) in [4.78, 5) is 5.10. The first-order valence-electron chi connectivity index (χ1n) is 6.20. The second-order valence-corrected chi connectivity index (χ2v) is 8.68. The number of aromatic nitrogens is 1. The normalized spacial score (nSPS) is 15.0. The molecule has 0 fully saturated rings. The van der Waals surface area contributed by atoms with Gasteiger partial charge in [-0.25, -0.2) is 8.93 Å². The molecule has 0 saturated heterocycles. The summed E-state index contributed by atoms with van der Waals surface area (Å²) < 4.78 is 15.2. The van der Waals surface area contributed by atoms with Gasteiger partial charge in [0.1, 0.15) is 0 Å². The largest absolute Gasteiger partial charge is 0.253 e. The second kappa shape index (κ2) is 6.35. The summed E-state index contributed by atoms with van der Waals surface area (Å²) in [5, 5.41) is 0.657. The van der Waals surface area contributed by atoms with Gasteiger partial charge in [-0.3, -0.25) is 4.98 Å². The number of hydrogen-bond donors (Lipinski definition) is 1. The van der Waals surface area contributed by atoms with E-state index >= 15 is 0 Å². The Bertz CT molecular complexity index is 593. The van der Waals surface area contributed by atoms with Gasteiger partial charge in [0.2, 0.25) is 0 Å². The maximum atomic E-state index is 12.4. The van der Waals surface area contributed by atoms with Crippen LogP contribution in [-0.2, 0) is 11.0 Å². The molecular weight excluding hydrogens is 312 g/mol. The first-order valence-corrected chi connectivity index (χ1v) is 8.61. The van der Waals surface area contributed by atoms with Crippen molar-refractivity contribution < 1.29 is 4.21 Å². The van der Waals surface area contributed by atoms with Crippen molar-refractivity contribution in [1.29, 1.82) is 0 Å². The van der Waals surface area contributed by atoms with Crippen LogP contribution < -0.4 is 4.72 Å². The number of thiazole rings is 1. The molecule has 1 heterocycles. The third-order valence-corrected chi connectivity index (χ3v) is 5.48. The van der Waals surface area contributed by atoms with E-state index in [1.54, 1.807) is 11.7 Å². The van der Waals surface area contributed by atoms with E-state index < -0.39 is 11.0 Å². The van der Waals surface area contributed by atoms with Crippen molar-refractivity contribution in [2.45, 2.75) is 31.6 Å². The molecule has 0 bridgehead atoms. The summed E-state index contributed by atoms with van der Waals surface area (Å²) in [6, 6.07) is 7.38. The van der Waals surface area contributed by atoms with Crippen LogP contribution in [0.1, 0.15) is 37.3 Å². The lowest BCUT2D eigenvalue weighted by Gasteiger charge is -2.24. The minimum absolute atomic E-state index is 0.212. The highest BCUT2D eigenvalue weighted by Gasteiger charge is 2.26. The molecule has 1 N–H and O–H groups in total. The Kier molecular flexibility index (Phi) is 4.96. The van der Waals surface area contributed by atoms with Crippen LogP contribution in [-0.4, -0.2) is 13.9 Å². The standard InChI is InChI=1S/C14H17ClN2OS2/c1-14(2,3)20(18)17-13(12-8-16-9-19-12)10-6-4-5-7-11(10)15/h4-9,13,17H,1-3H3/t13-,20?/m1/s1. The Morgan fingerprint density at radius 2 is 2.05 bits per heavy atom. The lowest BCUT2D eigenvalue weighted by Crippen LogP contribution is -2.36. The van der Waals surface area contributed by atoms with E-state index in [0.717, 1.165) is 10.4 Å². The van der Waals surface area contributed by atoms with Crippen LogP contribution in [0.15, 0.2) is 36.0 Å². The van der Waals surface area contributed by atoms with E-state index in [1.165, 1.54) is 11.3 Å². The predicted octanol–water partition coefficient (Wildman–Crippen LogP) is 3.94. The highest BCUT2D eigenvalue weighted by molar-refractivity contribution is 7.84. The van der Waals surface area contributed by atoms with Gasteiger partial charge in [-0.05, 0) is 32.4 Å². The Balaban J connectivity index is 2.37. The van der Waals surface area contributed by atoms with Gasteiger partial charge in [0.15, 0.2) is 0 Å². The third-order valence-electron chi connectivity index (χ3n) is 2.73. The zero-order valence-electron chi connectivity index (χ0n) is 11.6. The summed E-state index contributed by atoms with van der Waals surface area (Å²) in [6.07, 6.45) is 1.78. The summed E-state index contributed by atoms with van der Waals surface area (Å²) in [5.74, 6) is 0. The summed E-state index contributed by atoms with van der Waals surface area (Å²) >= 11 is 7.80. The highest BCUT2D eigenvalue weighted by atomic mass is 35.5. The van der Waals surface area contributed by atoms with Crippen LogP contribution in [0.25, 0.3) is 0 Å². The van der Waals surface area contributed by atoms with Gasteiger partial charge in [0.25, 0.3) is 0 Å². The molecule has 2 rings (SSSR count). The Labute approximate surface area is 131 Å². The molecule has 0 aliphatic rings. The van der Waals surface area contributed by atoms with Gasteiger partial charge in [-0.2, -0.15) is 0 Å². The van der Waals surface area contributed by atoms with E-state index in [2.05, 4.69) is 9.71 Å². The monoisotopic (exact) mass is 328 g/mol. The molecule has 0 spiro atoms. The van der Waals surface area contributed by atoms with Crippen molar-refractivity contribution in [2.75, 3.05) is 0 Å². The van der Waals surface area contributed by atoms with E-state index in [0.29, 0.717) is 5.02 Å². The quantitative estimate of drug-likeness (QED) is 0.923. The third kappa shape index (κ3) is 3.67. The van der Waals surface area contributed by atoms with Crippen LogP contribution >= 0.6 is 22.9 Å². The molecule has 1 unspecified atom stereocenters. The number of nitrogens with zero attached hydrogens (tertiary/aromatic N) is 1. The molecule has 0 amide bonds. The van der Waals surface area contributed by atoms with Crippen molar-refractivity contribution in [2.24, 2.45) is 0 Å². The van der Waals surface area contributed by atoms with E-state index in [1.807, 2.05) is 45.0 Å². The fourth-order valence-corrected chi connectivity index (χ4v) is 3.46. The fraction of sp³-hybridized carbons (Fsp3) is 0.357. The molecule has 0 saturated carbocycles. The first-order chi connectivity index (χ1) is 9.39. The lowest BCUT2D eigenvalue weighted by molar-refractivity contribution is 0.625. The molecule has 2 atom stereocenters. The van der Waals surface area contributed by atoms with Crippen LogP contribution in [0.2, 0.25) is 5.02 Å². The van der Waals surface area contributed by atoms with Crippen LogP contribution in [0, 0.1) is 0 Å². The SMILES string of the molecule is CC(C)(C)S(=O)N[C@@H](c1cncs1)c1ccccc1Cl. The maximum Gasteiger partial charge on any atom is 0.0979 e. The second-order valence-electron chi connectivity index (χ2n) is 5.36. The van der Waals surface area contributed by atoms with Crippen LogP contribution in [0.5, 0.6) is 0 Å². The van der Waals surface area contributed by atoms with Gasteiger partial charge in [-0.15, -0.1) is 11.3 Å². The average Bonchev–Trinajstić information content (AvgIpc) is 2.89. The van der Waals surface area contributed by atoms with Gasteiger partial charge in [-0.1, -0.05) is 29.8 Å². The zero-order chi connectivity index (χ0) is 14.8. The van der Waals surface area contributed by atoms with Crippen molar-refractivity contribution in [3.05, 3.63) is 51.4 Å². The molecule has 1 aromatic carbocycles. The molecule has 6 heteroatoms.